The van der Waals surface area contributed by atoms with Crippen molar-refractivity contribution in [2.24, 2.45) is 0 Å². The normalized spacial score (nSPS) is 14.5. The molecule has 1 saturated heterocycles. The summed E-state index contributed by atoms with van der Waals surface area (Å²) in [5.74, 6) is 2.49. The van der Waals surface area contributed by atoms with Crippen LogP contribution in [-0.2, 0) is 14.3 Å². The Balaban J connectivity index is 1.64. The lowest BCUT2D eigenvalue weighted by Crippen LogP contribution is -2.42. The summed E-state index contributed by atoms with van der Waals surface area (Å²) >= 11 is 0. The summed E-state index contributed by atoms with van der Waals surface area (Å²) in [5, 5.41) is 10.7. The number of methoxy groups -OCH3 is 1. The number of carbonyl (C=O) groups excluding carboxylic acids is 2. The number of rotatable bonds is 11. The van der Waals surface area contributed by atoms with Gasteiger partial charge in [-0.15, -0.1) is 0 Å². The third kappa shape index (κ3) is 6.68. The minimum absolute atomic E-state index is 0.122. The summed E-state index contributed by atoms with van der Waals surface area (Å²) in [6.07, 6.45) is 0.786. The molecule has 12 heteroatoms. The first-order valence-corrected chi connectivity index (χ1v) is 13.2. The van der Waals surface area contributed by atoms with Gasteiger partial charge in [-0.2, -0.15) is 0 Å². The van der Waals surface area contributed by atoms with Gasteiger partial charge in [0.2, 0.25) is 0 Å². The average Bonchev–Trinajstić information content (AvgIpc) is 3.30. The summed E-state index contributed by atoms with van der Waals surface area (Å²) in [6.45, 7) is 8.01. The smallest absolute Gasteiger partial charge is 0.409 e. The molecule has 0 unspecified atom stereocenters. The van der Waals surface area contributed by atoms with E-state index in [9.17, 15) is 9.59 Å². The summed E-state index contributed by atoms with van der Waals surface area (Å²) < 4.78 is 21.3. The van der Waals surface area contributed by atoms with Crippen molar-refractivity contribution >= 4 is 18.4 Å². The minimum atomic E-state index is -0.422. The number of anilines is 1. The lowest BCUT2D eigenvalue weighted by atomic mass is 10.0. The van der Waals surface area contributed by atoms with Crippen LogP contribution in [0.2, 0.25) is 0 Å². The summed E-state index contributed by atoms with van der Waals surface area (Å²) in [5.41, 5.74) is 3.94. The summed E-state index contributed by atoms with van der Waals surface area (Å²) in [7, 11) is 3.18. The maximum absolute atomic E-state index is 11.9. The molecule has 0 bridgehead atoms. The molecule has 4 rings (SSSR count). The standard InChI is InChI=1S/C28H36N6O6/c1-17-25(24-18(2)33-40-19(24)3)31-27(32-26(17)30-21-9-11-34(12-10-21)28(36)37-5)20-7-6-8-22(13-20)38-15-23(14-29-4)39-16-35/h6-8,13,16,21,23,29H,9-12,14-15H2,1-5H3,(H,30,31,32)/t23-/m0/s1. The number of hydrogen-bond acceptors (Lipinski definition) is 11. The van der Waals surface area contributed by atoms with E-state index in [4.69, 9.17) is 28.7 Å². The van der Waals surface area contributed by atoms with Gasteiger partial charge in [0.25, 0.3) is 6.47 Å². The highest BCUT2D eigenvalue weighted by Crippen LogP contribution is 2.34. The number of hydrogen-bond donors (Lipinski definition) is 2. The van der Waals surface area contributed by atoms with Crippen molar-refractivity contribution in [3.8, 4) is 28.4 Å². The number of benzene rings is 1. The number of ether oxygens (including phenoxy) is 3. The lowest BCUT2D eigenvalue weighted by Gasteiger charge is -2.32. The van der Waals surface area contributed by atoms with Crippen molar-refractivity contribution < 1.29 is 28.3 Å². The molecule has 1 aromatic carbocycles. The molecule has 214 valence electrons. The van der Waals surface area contributed by atoms with Gasteiger partial charge in [0.1, 0.15) is 30.0 Å². The molecule has 3 aromatic rings. The van der Waals surface area contributed by atoms with Crippen molar-refractivity contribution in [1.82, 2.24) is 25.3 Å². The lowest BCUT2D eigenvalue weighted by molar-refractivity contribution is -0.134. The van der Waals surface area contributed by atoms with Crippen molar-refractivity contribution in [2.45, 2.75) is 45.8 Å². The molecule has 0 spiro atoms. The fourth-order valence-electron chi connectivity index (χ4n) is 4.75. The molecule has 0 aliphatic carbocycles. The third-order valence-electron chi connectivity index (χ3n) is 6.89. The van der Waals surface area contributed by atoms with E-state index in [1.165, 1.54) is 7.11 Å². The van der Waals surface area contributed by atoms with E-state index in [1.54, 1.807) is 11.9 Å². The second-order valence-corrected chi connectivity index (χ2v) is 9.70. The number of aryl methyl sites for hydroxylation is 2. The molecule has 1 fully saturated rings. The molecule has 40 heavy (non-hydrogen) atoms. The SMILES string of the molecule is CNC[C@@H](COc1cccc(-c2nc(NC3CCN(C(=O)OC)CC3)c(C)c(-c3c(C)noc3C)n2)c1)OC=O. The molecule has 1 amide bonds. The zero-order chi connectivity index (χ0) is 28.6. The second-order valence-electron chi connectivity index (χ2n) is 9.70. The van der Waals surface area contributed by atoms with E-state index in [-0.39, 0.29) is 18.7 Å². The Morgan fingerprint density at radius 2 is 2.00 bits per heavy atom. The van der Waals surface area contributed by atoms with Crippen LogP contribution < -0.4 is 15.4 Å². The largest absolute Gasteiger partial charge is 0.490 e. The molecule has 2 aromatic heterocycles. The monoisotopic (exact) mass is 552 g/mol. The molecule has 12 nitrogen and oxygen atoms in total. The van der Waals surface area contributed by atoms with Gasteiger partial charge in [-0.3, -0.25) is 4.79 Å². The highest BCUT2D eigenvalue weighted by Gasteiger charge is 2.26. The first kappa shape index (κ1) is 28.8. The predicted octanol–water partition coefficient (Wildman–Crippen LogP) is 3.51. The summed E-state index contributed by atoms with van der Waals surface area (Å²) in [4.78, 5) is 34.3. The zero-order valence-corrected chi connectivity index (χ0v) is 23.5. The van der Waals surface area contributed by atoms with Crippen LogP contribution >= 0.6 is 0 Å². The molecule has 0 saturated carbocycles. The number of likely N-dealkylation sites (tertiary alicyclic amines) is 1. The molecule has 2 N–H and O–H groups in total. The Bertz CT molecular complexity index is 1300. The molecule has 1 aliphatic heterocycles. The van der Waals surface area contributed by atoms with Crippen molar-refractivity contribution in [1.29, 1.82) is 0 Å². The van der Waals surface area contributed by atoms with E-state index in [0.717, 1.165) is 40.9 Å². The van der Waals surface area contributed by atoms with Gasteiger partial charge in [0, 0.05) is 36.8 Å². The number of carbonyl (C=O) groups is 2. The quantitative estimate of drug-likeness (QED) is 0.338. The van der Waals surface area contributed by atoms with E-state index in [0.29, 0.717) is 49.3 Å². The van der Waals surface area contributed by atoms with Gasteiger partial charge in [-0.05, 0) is 52.8 Å². The predicted molar refractivity (Wildman–Crippen MR) is 148 cm³/mol. The highest BCUT2D eigenvalue weighted by atomic mass is 16.6. The summed E-state index contributed by atoms with van der Waals surface area (Å²) in [6, 6.07) is 7.60. The minimum Gasteiger partial charge on any atom is -0.490 e. The Labute approximate surface area is 233 Å². The van der Waals surface area contributed by atoms with Crippen LogP contribution in [0.5, 0.6) is 5.75 Å². The van der Waals surface area contributed by atoms with E-state index in [2.05, 4.69) is 15.8 Å². The van der Waals surface area contributed by atoms with Crippen LogP contribution in [0, 0.1) is 20.8 Å². The Morgan fingerprint density at radius 3 is 2.65 bits per heavy atom. The maximum Gasteiger partial charge on any atom is 0.409 e. The van der Waals surface area contributed by atoms with Crippen LogP contribution in [0.4, 0.5) is 10.6 Å². The van der Waals surface area contributed by atoms with E-state index >= 15 is 0 Å². The molecule has 0 radical (unpaired) electrons. The number of nitrogens with zero attached hydrogens (tertiary/aromatic N) is 4. The second kappa shape index (κ2) is 13.2. The molecule has 1 atom stereocenters. The number of likely N-dealkylation sites (N-methyl/N-ethyl adjacent to an activating group) is 1. The Kier molecular flexibility index (Phi) is 9.54. The first-order chi connectivity index (χ1) is 19.3. The Morgan fingerprint density at radius 1 is 1.23 bits per heavy atom. The maximum atomic E-state index is 11.9. The zero-order valence-electron chi connectivity index (χ0n) is 23.5. The Hall–Kier alpha value is -4.19. The van der Waals surface area contributed by atoms with Crippen molar-refractivity contribution in [3.05, 3.63) is 41.3 Å². The van der Waals surface area contributed by atoms with Gasteiger partial charge >= 0.3 is 6.09 Å². The van der Waals surface area contributed by atoms with Crippen LogP contribution in [0.15, 0.2) is 28.8 Å². The first-order valence-electron chi connectivity index (χ1n) is 13.2. The number of amides is 1. The molecule has 1 aliphatic rings. The molecule has 3 heterocycles. The van der Waals surface area contributed by atoms with Gasteiger partial charge in [-0.1, -0.05) is 17.3 Å². The number of nitrogens with one attached hydrogen (secondary N) is 2. The van der Waals surface area contributed by atoms with Crippen LogP contribution in [0.3, 0.4) is 0 Å². The average molecular weight is 553 g/mol. The van der Waals surface area contributed by atoms with Gasteiger partial charge in [0.05, 0.1) is 24.1 Å². The third-order valence-corrected chi connectivity index (χ3v) is 6.89. The van der Waals surface area contributed by atoms with Crippen LogP contribution in [0.1, 0.15) is 29.9 Å². The van der Waals surface area contributed by atoms with Gasteiger partial charge < -0.3 is 34.3 Å². The van der Waals surface area contributed by atoms with Gasteiger partial charge in [0.15, 0.2) is 5.82 Å². The van der Waals surface area contributed by atoms with Crippen LogP contribution in [-0.4, -0.2) is 85.1 Å². The number of piperidine rings is 1. The number of aromatic nitrogens is 3. The fourth-order valence-corrected chi connectivity index (χ4v) is 4.75. The van der Waals surface area contributed by atoms with Crippen molar-refractivity contribution in [3.63, 3.8) is 0 Å². The molecular weight excluding hydrogens is 516 g/mol. The fraction of sp³-hybridized carbons (Fsp3) is 0.464. The van der Waals surface area contributed by atoms with Crippen LogP contribution in [0.25, 0.3) is 22.6 Å². The van der Waals surface area contributed by atoms with Gasteiger partial charge in [-0.25, -0.2) is 14.8 Å². The molecular formula is C28H36N6O6. The van der Waals surface area contributed by atoms with E-state index in [1.807, 2.05) is 45.0 Å². The van der Waals surface area contributed by atoms with E-state index < -0.39 is 6.10 Å². The highest BCUT2D eigenvalue weighted by molar-refractivity contribution is 5.74. The topological polar surface area (TPSA) is 141 Å². The van der Waals surface area contributed by atoms with Crippen molar-refractivity contribution in [2.75, 3.05) is 45.7 Å².